The lowest BCUT2D eigenvalue weighted by Crippen LogP contribution is -2.03. The van der Waals surface area contributed by atoms with Crippen LogP contribution in [0.25, 0.3) is 6.08 Å². The number of hydrogen-bond acceptors (Lipinski definition) is 7. The number of anilines is 2. The molecule has 0 saturated carbocycles. The standard InChI is InChI=1S/C22H20Cl2FN3O3.CH3NO/c1-5-13-7-14(25)6-12(2)21(13)28-22-26-9-15(10-27-22)31-11-16-19(23)17(29-3)8-18(30-4)20(16)24;2-1-3/h5-10H,1,11H2,2-4H3,(H,26,27,28);1H,(H2,2,3). The molecule has 3 aromatic rings. The van der Waals surface area contributed by atoms with Gasteiger partial charge in [-0.25, -0.2) is 14.4 Å². The van der Waals surface area contributed by atoms with E-state index in [4.69, 9.17) is 42.2 Å². The lowest BCUT2D eigenvalue weighted by molar-refractivity contribution is -0.106. The Morgan fingerprint density at radius 1 is 1.12 bits per heavy atom. The molecule has 180 valence electrons. The molecule has 0 atom stereocenters. The van der Waals surface area contributed by atoms with E-state index < -0.39 is 0 Å². The van der Waals surface area contributed by atoms with Gasteiger partial charge in [0.05, 0.1) is 42.3 Å². The molecule has 0 spiro atoms. The van der Waals surface area contributed by atoms with Crippen molar-refractivity contribution in [3.05, 3.63) is 69.7 Å². The third kappa shape index (κ3) is 6.49. The molecule has 0 unspecified atom stereocenters. The van der Waals surface area contributed by atoms with Gasteiger partial charge in [0.15, 0.2) is 5.75 Å². The highest BCUT2D eigenvalue weighted by atomic mass is 35.5. The molecule has 0 bridgehead atoms. The second kappa shape index (κ2) is 12.6. The largest absolute Gasteiger partial charge is 0.495 e. The number of primary amides is 1. The highest BCUT2D eigenvalue weighted by Crippen LogP contribution is 2.40. The van der Waals surface area contributed by atoms with Crippen LogP contribution in [0.2, 0.25) is 10.0 Å². The number of aromatic nitrogens is 2. The zero-order valence-electron chi connectivity index (χ0n) is 18.7. The summed E-state index contributed by atoms with van der Waals surface area (Å²) < 4.78 is 29.9. The van der Waals surface area contributed by atoms with Gasteiger partial charge < -0.3 is 25.3 Å². The smallest absolute Gasteiger partial charge is 0.227 e. The van der Waals surface area contributed by atoms with E-state index in [-0.39, 0.29) is 18.8 Å². The molecule has 0 fully saturated rings. The number of rotatable bonds is 8. The number of methoxy groups -OCH3 is 2. The summed E-state index contributed by atoms with van der Waals surface area (Å²) in [5, 5.41) is 3.74. The summed E-state index contributed by atoms with van der Waals surface area (Å²) in [5.41, 5.74) is 6.67. The predicted octanol–water partition coefficient (Wildman–Crippen LogP) is 5.32. The maximum atomic E-state index is 13.6. The Hall–Kier alpha value is -3.56. The van der Waals surface area contributed by atoms with E-state index in [1.165, 1.54) is 38.7 Å². The monoisotopic (exact) mass is 508 g/mol. The van der Waals surface area contributed by atoms with Crippen molar-refractivity contribution in [2.45, 2.75) is 13.5 Å². The summed E-state index contributed by atoms with van der Waals surface area (Å²) in [5.74, 6) is 1.23. The van der Waals surface area contributed by atoms with Crippen molar-refractivity contribution in [2.24, 2.45) is 5.73 Å². The van der Waals surface area contributed by atoms with Gasteiger partial charge in [-0.3, -0.25) is 4.79 Å². The zero-order chi connectivity index (χ0) is 25.3. The summed E-state index contributed by atoms with van der Waals surface area (Å²) >= 11 is 12.7. The van der Waals surface area contributed by atoms with Crippen molar-refractivity contribution in [3.8, 4) is 17.2 Å². The van der Waals surface area contributed by atoms with Crippen LogP contribution in [-0.2, 0) is 11.4 Å². The van der Waals surface area contributed by atoms with Crippen molar-refractivity contribution in [1.82, 2.24) is 9.97 Å². The van der Waals surface area contributed by atoms with Crippen LogP contribution in [0.5, 0.6) is 17.2 Å². The Kier molecular flexibility index (Phi) is 9.91. The predicted molar refractivity (Wildman–Crippen MR) is 131 cm³/mol. The van der Waals surface area contributed by atoms with Gasteiger partial charge in [-0.05, 0) is 24.6 Å². The Morgan fingerprint density at radius 3 is 2.18 bits per heavy atom. The van der Waals surface area contributed by atoms with Crippen LogP contribution in [-0.4, -0.2) is 30.6 Å². The molecule has 1 aromatic heterocycles. The SMILES string of the molecule is C=Cc1cc(F)cc(C)c1Nc1ncc(OCc2c(Cl)c(OC)cc(OC)c2Cl)cn1.NC=O. The molecule has 0 radical (unpaired) electrons. The van der Waals surface area contributed by atoms with Crippen LogP contribution < -0.4 is 25.3 Å². The van der Waals surface area contributed by atoms with E-state index in [9.17, 15) is 4.39 Å². The van der Waals surface area contributed by atoms with Crippen molar-refractivity contribution < 1.29 is 23.4 Å². The first-order valence-corrected chi connectivity index (χ1v) is 10.4. The van der Waals surface area contributed by atoms with Gasteiger partial charge in [-0.1, -0.05) is 35.9 Å². The minimum Gasteiger partial charge on any atom is -0.495 e. The number of halogens is 3. The number of carbonyl (C=O) groups excluding carboxylic acids is 1. The fourth-order valence-corrected chi connectivity index (χ4v) is 3.50. The zero-order valence-corrected chi connectivity index (χ0v) is 20.2. The Bertz CT molecular complexity index is 1130. The third-order valence-electron chi connectivity index (χ3n) is 4.46. The molecule has 0 aliphatic heterocycles. The van der Waals surface area contributed by atoms with Gasteiger partial charge in [-0.15, -0.1) is 0 Å². The first-order valence-electron chi connectivity index (χ1n) is 9.68. The van der Waals surface area contributed by atoms with Gasteiger partial charge in [0.25, 0.3) is 0 Å². The summed E-state index contributed by atoms with van der Waals surface area (Å²) in [6.45, 7) is 5.55. The Balaban J connectivity index is 0.00000129. The topological polar surface area (TPSA) is 109 Å². The average molecular weight is 509 g/mol. The quantitative estimate of drug-likeness (QED) is 0.396. The molecule has 3 N–H and O–H groups in total. The summed E-state index contributed by atoms with van der Waals surface area (Å²) in [6.07, 6.45) is 4.81. The number of benzene rings is 2. The van der Waals surface area contributed by atoms with E-state index in [1.54, 1.807) is 19.1 Å². The van der Waals surface area contributed by atoms with E-state index in [2.05, 4.69) is 27.6 Å². The fourth-order valence-electron chi connectivity index (χ4n) is 2.89. The minimum atomic E-state index is -0.339. The average Bonchev–Trinajstić information content (AvgIpc) is 2.82. The highest BCUT2D eigenvalue weighted by molar-refractivity contribution is 6.37. The maximum absolute atomic E-state index is 13.6. The molecule has 8 nitrogen and oxygen atoms in total. The van der Waals surface area contributed by atoms with Crippen molar-refractivity contribution in [1.29, 1.82) is 0 Å². The van der Waals surface area contributed by atoms with Gasteiger partial charge in [-0.2, -0.15) is 0 Å². The van der Waals surface area contributed by atoms with Gasteiger partial charge in [0, 0.05) is 17.2 Å². The normalized spacial score (nSPS) is 9.94. The second-order valence-corrected chi connectivity index (χ2v) is 7.33. The minimum absolute atomic E-state index is 0.0546. The number of nitrogens with two attached hydrogens (primary N) is 1. The van der Waals surface area contributed by atoms with E-state index in [1.807, 2.05) is 0 Å². The van der Waals surface area contributed by atoms with Gasteiger partial charge in [0.2, 0.25) is 12.4 Å². The number of nitrogens with one attached hydrogen (secondary N) is 1. The first kappa shape index (κ1) is 26.7. The number of carbonyl (C=O) groups is 1. The van der Waals surface area contributed by atoms with E-state index in [0.717, 1.165) is 0 Å². The molecule has 0 aliphatic rings. The van der Waals surface area contributed by atoms with Crippen LogP contribution in [0.3, 0.4) is 0 Å². The lowest BCUT2D eigenvalue weighted by Gasteiger charge is -2.15. The first-order chi connectivity index (χ1) is 16.3. The maximum Gasteiger partial charge on any atom is 0.227 e. The van der Waals surface area contributed by atoms with Crippen LogP contribution >= 0.6 is 23.2 Å². The highest BCUT2D eigenvalue weighted by Gasteiger charge is 2.18. The number of hydrogen-bond donors (Lipinski definition) is 2. The summed E-state index contributed by atoms with van der Waals surface area (Å²) in [4.78, 5) is 17.1. The number of nitrogens with zero attached hydrogens (tertiary/aromatic N) is 2. The Morgan fingerprint density at radius 2 is 1.68 bits per heavy atom. The van der Waals surface area contributed by atoms with Crippen LogP contribution in [0.1, 0.15) is 16.7 Å². The summed E-state index contributed by atoms with van der Waals surface area (Å²) in [7, 11) is 3.00. The van der Waals surface area contributed by atoms with Crippen LogP contribution in [0.4, 0.5) is 16.0 Å². The third-order valence-corrected chi connectivity index (χ3v) is 5.29. The lowest BCUT2D eigenvalue weighted by atomic mass is 10.1. The fraction of sp³-hybridized carbons (Fsp3) is 0.174. The summed E-state index contributed by atoms with van der Waals surface area (Å²) in [6, 6.07) is 4.41. The number of amides is 1. The molecule has 3 rings (SSSR count). The van der Waals surface area contributed by atoms with Crippen molar-refractivity contribution in [2.75, 3.05) is 19.5 Å². The van der Waals surface area contributed by atoms with E-state index >= 15 is 0 Å². The number of aryl methyl sites for hydroxylation is 1. The molecular formula is C23H23Cl2FN4O4. The van der Waals surface area contributed by atoms with Crippen molar-refractivity contribution >= 4 is 47.3 Å². The van der Waals surface area contributed by atoms with Crippen molar-refractivity contribution in [3.63, 3.8) is 0 Å². The molecular weight excluding hydrogens is 486 g/mol. The molecule has 2 aromatic carbocycles. The molecule has 11 heteroatoms. The molecule has 1 amide bonds. The van der Waals surface area contributed by atoms with E-state index in [0.29, 0.717) is 55.6 Å². The molecule has 1 heterocycles. The second-order valence-electron chi connectivity index (χ2n) is 6.57. The van der Waals surface area contributed by atoms with Gasteiger partial charge in [0.1, 0.15) is 23.9 Å². The van der Waals surface area contributed by atoms with Gasteiger partial charge >= 0.3 is 0 Å². The Labute approximate surface area is 206 Å². The van der Waals surface area contributed by atoms with Crippen LogP contribution in [0, 0.1) is 12.7 Å². The number of ether oxygens (including phenoxy) is 3. The molecule has 34 heavy (non-hydrogen) atoms. The van der Waals surface area contributed by atoms with Crippen LogP contribution in [0.15, 0.2) is 37.2 Å². The molecule has 0 saturated heterocycles. The molecule has 0 aliphatic carbocycles.